The molecular weight excluding hydrogens is 404 g/mol. The van der Waals surface area contributed by atoms with Gasteiger partial charge < -0.3 is 10.2 Å². The number of piperazine rings is 1. The van der Waals surface area contributed by atoms with Crippen LogP contribution in [0.5, 0.6) is 0 Å². The predicted octanol–water partition coefficient (Wildman–Crippen LogP) is 0.510. The van der Waals surface area contributed by atoms with Crippen molar-refractivity contribution in [3.05, 3.63) is 30.3 Å². The van der Waals surface area contributed by atoms with Crippen molar-refractivity contribution < 1.29 is 18.0 Å². The SMILES string of the molecule is O=C(CN1CCN(C(=O)C2CCN(S(=O)(=O)c3ccccc3)CC2)CC1)NC1CC1. The second kappa shape index (κ2) is 9.03. The van der Waals surface area contributed by atoms with Crippen LogP contribution in [-0.4, -0.2) is 86.2 Å². The number of amides is 2. The quantitative estimate of drug-likeness (QED) is 0.705. The molecular formula is C21H30N4O4S. The van der Waals surface area contributed by atoms with Crippen LogP contribution in [0.1, 0.15) is 25.7 Å². The lowest BCUT2D eigenvalue weighted by molar-refractivity contribution is -0.138. The molecule has 164 valence electrons. The molecule has 9 heteroatoms. The second-order valence-electron chi connectivity index (χ2n) is 8.43. The summed E-state index contributed by atoms with van der Waals surface area (Å²) < 4.78 is 27.0. The zero-order valence-corrected chi connectivity index (χ0v) is 18.0. The van der Waals surface area contributed by atoms with Crippen LogP contribution in [0.25, 0.3) is 0 Å². The van der Waals surface area contributed by atoms with E-state index >= 15 is 0 Å². The van der Waals surface area contributed by atoms with Crippen molar-refractivity contribution in [2.75, 3.05) is 45.8 Å². The maximum atomic E-state index is 12.9. The average Bonchev–Trinajstić information content (AvgIpc) is 3.58. The number of rotatable bonds is 6. The van der Waals surface area contributed by atoms with Gasteiger partial charge in [0.15, 0.2) is 0 Å². The van der Waals surface area contributed by atoms with Crippen molar-refractivity contribution in [1.82, 2.24) is 19.4 Å². The van der Waals surface area contributed by atoms with E-state index in [4.69, 9.17) is 0 Å². The van der Waals surface area contributed by atoms with Crippen LogP contribution in [0.15, 0.2) is 35.2 Å². The molecule has 2 heterocycles. The molecule has 4 rings (SSSR count). The maximum absolute atomic E-state index is 12.9. The molecule has 3 fully saturated rings. The Bertz CT molecular complexity index is 856. The minimum absolute atomic E-state index is 0.0734. The van der Waals surface area contributed by atoms with Crippen molar-refractivity contribution in [3.8, 4) is 0 Å². The monoisotopic (exact) mass is 434 g/mol. The fraction of sp³-hybridized carbons (Fsp3) is 0.619. The van der Waals surface area contributed by atoms with Crippen molar-refractivity contribution in [1.29, 1.82) is 0 Å². The molecule has 0 spiro atoms. The predicted molar refractivity (Wildman–Crippen MR) is 112 cm³/mol. The highest BCUT2D eigenvalue weighted by Crippen LogP contribution is 2.25. The molecule has 1 aliphatic carbocycles. The van der Waals surface area contributed by atoms with Crippen molar-refractivity contribution in [2.45, 2.75) is 36.6 Å². The Morgan fingerprint density at radius 3 is 2.13 bits per heavy atom. The molecule has 2 amide bonds. The fourth-order valence-corrected chi connectivity index (χ4v) is 5.66. The third kappa shape index (κ3) is 5.01. The third-order valence-corrected chi connectivity index (χ3v) is 8.09. The summed E-state index contributed by atoms with van der Waals surface area (Å²) in [7, 11) is -3.50. The number of nitrogens with zero attached hydrogens (tertiary/aromatic N) is 3. The molecule has 0 aromatic heterocycles. The van der Waals surface area contributed by atoms with Crippen molar-refractivity contribution >= 4 is 21.8 Å². The standard InChI is InChI=1S/C21H30N4O4S/c26-20(22-18-6-7-18)16-23-12-14-24(15-13-23)21(27)17-8-10-25(11-9-17)30(28,29)19-4-2-1-3-5-19/h1-5,17-18H,6-16H2,(H,22,26). The van der Waals surface area contributed by atoms with Crippen molar-refractivity contribution in [3.63, 3.8) is 0 Å². The van der Waals surface area contributed by atoms with Crippen molar-refractivity contribution in [2.24, 2.45) is 5.92 Å². The topological polar surface area (TPSA) is 90.0 Å². The minimum Gasteiger partial charge on any atom is -0.352 e. The van der Waals surface area contributed by atoms with Gasteiger partial charge in [-0.05, 0) is 37.8 Å². The number of hydrogen-bond donors (Lipinski definition) is 1. The van der Waals surface area contributed by atoms with E-state index in [1.54, 1.807) is 30.3 Å². The van der Waals surface area contributed by atoms with Crippen LogP contribution in [0, 0.1) is 5.92 Å². The largest absolute Gasteiger partial charge is 0.352 e. The van der Waals surface area contributed by atoms with Crippen LogP contribution >= 0.6 is 0 Å². The van der Waals surface area contributed by atoms with Gasteiger partial charge in [-0.15, -0.1) is 0 Å². The summed E-state index contributed by atoms with van der Waals surface area (Å²) in [6, 6.07) is 8.82. The van der Waals surface area contributed by atoms with Gasteiger partial charge in [0, 0.05) is 51.2 Å². The number of piperidine rings is 1. The summed E-state index contributed by atoms with van der Waals surface area (Å²) in [5.74, 6) is 0.0649. The number of hydrogen-bond acceptors (Lipinski definition) is 5. The molecule has 0 bridgehead atoms. The van der Waals surface area contributed by atoms with Gasteiger partial charge >= 0.3 is 0 Å². The third-order valence-electron chi connectivity index (χ3n) is 6.18. The Balaban J connectivity index is 1.23. The van der Waals surface area contributed by atoms with E-state index in [0.29, 0.717) is 69.6 Å². The first-order chi connectivity index (χ1) is 14.4. The molecule has 0 radical (unpaired) electrons. The summed E-state index contributed by atoms with van der Waals surface area (Å²) >= 11 is 0. The second-order valence-corrected chi connectivity index (χ2v) is 10.4. The Kier molecular flexibility index (Phi) is 6.40. The average molecular weight is 435 g/mol. The van der Waals surface area contributed by atoms with Gasteiger partial charge in [0.2, 0.25) is 21.8 Å². The summed E-state index contributed by atoms with van der Waals surface area (Å²) in [5.41, 5.74) is 0. The van der Waals surface area contributed by atoms with Gasteiger partial charge in [0.25, 0.3) is 0 Å². The highest BCUT2D eigenvalue weighted by molar-refractivity contribution is 7.89. The normalized spacial score (nSPS) is 22.1. The van der Waals surface area contributed by atoms with Gasteiger partial charge in [-0.3, -0.25) is 14.5 Å². The number of carbonyl (C=O) groups is 2. The highest BCUT2D eigenvalue weighted by Gasteiger charge is 2.35. The number of nitrogens with one attached hydrogen (secondary N) is 1. The van der Waals surface area contributed by atoms with E-state index in [1.165, 1.54) is 4.31 Å². The number of sulfonamides is 1. The smallest absolute Gasteiger partial charge is 0.243 e. The maximum Gasteiger partial charge on any atom is 0.243 e. The lowest BCUT2D eigenvalue weighted by atomic mass is 9.96. The molecule has 0 unspecified atom stereocenters. The number of benzene rings is 1. The summed E-state index contributed by atoms with van der Waals surface area (Å²) in [6.07, 6.45) is 3.27. The molecule has 30 heavy (non-hydrogen) atoms. The minimum atomic E-state index is -3.50. The molecule has 1 saturated carbocycles. The van der Waals surface area contributed by atoms with E-state index < -0.39 is 10.0 Å². The van der Waals surface area contributed by atoms with E-state index in [2.05, 4.69) is 10.2 Å². The van der Waals surface area contributed by atoms with Crippen LogP contribution in [0.2, 0.25) is 0 Å². The van der Waals surface area contributed by atoms with Gasteiger partial charge in [0.1, 0.15) is 0 Å². The fourth-order valence-electron chi connectivity index (χ4n) is 4.17. The Morgan fingerprint density at radius 1 is 0.900 bits per heavy atom. The lowest BCUT2D eigenvalue weighted by Crippen LogP contribution is -2.53. The first-order valence-corrected chi connectivity index (χ1v) is 12.2. The highest BCUT2D eigenvalue weighted by atomic mass is 32.2. The van der Waals surface area contributed by atoms with E-state index in [0.717, 1.165) is 12.8 Å². The molecule has 3 aliphatic rings. The summed E-state index contributed by atoms with van der Waals surface area (Å²) in [6.45, 7) is 3.78. The van der Waals surface area contributed by atoms with Gasteiger partial charge in [0.05, 0.1) is 11.4 Å². The van der Waals surface area contributed by atoms with Gasteiger partial charge in [-0.1, -0.05) is 18.2 Å². The molecule has 8 nitrogen and oxygen atoms in total. The molecule has 1 aromatic rings. The molecule has 0 atom stereocenters. The zero-order valence-electron chi connectivity index (χ0n) is 17.2. The van der Waals surface area contributed by atoms with Gasteiger partial charge in [-0.25, -0.2) is 8.42 Å². The zero-order chi connectivity index (χ0) is 21.1. The Hall–Kier alpha value is -1.97. The Labute approximate surface area is 178 Å². The Morgan fingerprint density at radius 2 is 1.53 bits per heavy atom. The molecule has 1 N–H and O–H groups in total. The summed E-state index contributed by atoms with van der Waals surface area (Å²) in [5, 5.41) is 3.00. The van der Waals surface area contributed by atoms with E-state index in [-0.39, 0.29) is 17.7 Å². The van der Waals surface area contributed by atoms with Crippen LogP contribution < -0.4 is 5.32 Å². The molecule has 2 saturated heterocycles. The summed E-state index contributed by atoms with van der Waals surface area (Å²) in [4.78, 5) is 29.1. The van der Waals surface area contributed by atoms with Crippen LogP contribution in [0.4, 0.5) is 0 Å². The van der Waals surface area contributed by atoms with Gasteiger partial charge in [-0.2, -0.15) is 4.31 Å². The first kappa shape index (κ1) is 21.3. The van der Waals surface area contributed by atoms with E-state index in [9.17, 15) is 18.0 Å². The van der Waals surface area contributed by atoms with Crippen LogP contribution in [-0.2, 0) is 19.6 Å². The molecule has 2 aliphatic heterocycles. The lowest BCUT2D eigenvalue weighted by Gasteiger charge is -2.38. The molecule has 1 aromatic carbocycles. The first-order valence-electron chi connectivity index (χ1n) is 10.8. The van der Waals surface area contributed by atoms with E-state index in [1.807, 2.05) is 4.90 Å². The number of carbonyl (C=O) groups excluding carboxylic acids is 2. The van der Waals surface area contributed by atoms with Crippen LogP contribution in [0.3, 0.4) is 0 Å².